The Morgan fingerprint density at radius 2 is 1.95 bits per heavy atom. The summed E-state index contributed by atoms with van der Waals surface area (Å²) in [7, 11) is 0. The topological polar surface area (TPSA) is 72.8 Å². The second-order valence-corrected chi connectivity index (χ2v) is 3.61. The normalized spacial score (nSPS) is 11.0. The zero-order valence-corrected chi connectivity index (χ0v) is 10.4. The number of benzene rings is 1. The Bertz CT molecular complexity index is 510. The summed E-state index contributed by atoms with van der Waals surface area (Å²) in [6.07, 6.45) is -4.80. The van der Waals surface area contributed by atoms with Crippen LogP contribution in [0.15, 0.2) is 18.2 Å². The van der Waals surface area contributed by atoms with E-state index in [2.05, 4.69) is 4.74 Å². The molecule has 5 nitrogen and oxygen atoms in total. The van der Waals surface area contributed by atoms with Crippen LogP contribution in [0.1, 0.15) is 22.8 Å². The van der Waals surface area contributed by atoms with Gasteiger partial charge in [-0.3, -0.25) is 0 Å². The lowest BCUT2D eigenvalue weighted by molar-refractivity contribution is -0.147. The number of carboxylic acid groups (broad SMARTS) is 1. The van der Waals surface area contributed by atoms with Gasteiger partial charge in [0, 0.05) is 0 Å². The van der Waals surface area contributed by atoms with Gasteiger partial charge in [-0.1, -0.05) is 0 Å². The van der Waals surface area contributed by atoms with Crippen LogP contribution in [0.25, 0.3) is 0 Å². The third-order valence-electron chi connectivity index (χ3n) is 2.18. The predicted molar refractivity (Wildman–Crippen MR) is 60.5 cm³/mol. The molecule has 1 aromatic rings. The average Bonchev–Trinajstić information content (AvgIpc) is 2.35. The molecule has 0 heterocycles. The van der Waals surface area contributed by atoms with Gasteiger partial charge in [-0.05, 0) is 25.1 Å². The quantitative estimate of drug-likeness (QED) is 0.843. The molecule has 0 spiro atoms. The second kappa shape index (κ2) is 6.27. The van der Waals surface area contributed by atoms with Crippen molar-refractivity contribution in [3.63, 3.8) is 0 Å². The van der Waals surface area contributed by atoms with Crippen molar-refractivity contribution >= 4 is 11.9 Å². The lowest BCUT2D eigenvalue weighted by atomic mass is 10.1. The lowest BCUT2D eigenvalue weighted by Crippen LogP contribution is -2.17. The van der Waals surface area contributed by atoms with Crippen molar-refractivity contribution in [2.75, 3.05) is 13.2 Å². The first kappa shape index (κ1) is 15.8. The molecule has 0 bridgehead atoms. The average molecular weight is 292 g/mol. The van der Waals surface area contributed by atoms with Gasteiger partial charge in [0.15, 0.2) is 6.61 Å². The molecule has 1 rings (SSSR count). The van der Waals surface area contributed by atoms with Gasteiger partial charge >= 0.3 is 18.1 Å². The summed E-state index contributed by atoms with van der Waals surface area (Å²) in [5, 5.41) is 8.67. The number of hydrogen-bond acceptors (Lipinski definition) is 4. The Hall–Kier alpha value is -2.25. The van der Waals surface area contributed by atoms with E-state index in [-0.39, 0.29) is 6.61 Å². The van der Waals surface area contributed by atoms with Gasteiger partial charge in [0.2, 0.25) is 0 Å². The molecule has 0 aliphatic rings. The Morgan fingerprint density at radius 3 is 2.45 bits per heavy atom. The van der Waals surface area contributed by atoms with Crippen LogP contribution in [-0.4, -0.2) is 30.3 Å². The first-order chi connectivity index (χ1) is 9.25. The summed E-state index contributed by atoms with van der Waals surface area (Å²) in [6, 6.07) is 2.26. The van der Waals surface area contributed by atoms with E-state index in [1.54, 1.807) is 6.92 Å². The summed E-state index contributed by atoms with van der Waals surface area (Å²) in [6.45, 7) is 0.927. The summed E-state index contributed by atoms with van der Waals surface area (Å²) >= 11 is 0. The van der Waals surface area contributed by atoms with E-state index < -0.39 is 41.6 Å². The molecule has 110 valence electrons. The number of ether oxygens (including phenoxy) is 2. The van der Waals surface area contributed by atoms with E-state index in [1.807, 2.05) is 0 Å². The maximum atomic E-state index is 12.8. The minimum atomic E-state index is -4.80. The molecular formula is C12H11F3O5. The number of aromatic carboxylic acids is 1. The zero-order valence-electron chi connectivity index (χ0n) is 10.4. The SMILES string of the molecule is CCOC(=O)COc1ccc(C(=O)O)cc1C(F)(F)F. The maximum Gasteiger partial charge on any atom is 0.419 e. The minimum Gasteiger partial charge on any atom is -0.481 e. The Balaban J connectivity index is 3.01. The standard InChI is InChI=1S/C12H11F3O5/c1-2-19-10(16)6-20-9-4-3-7(11(17)18)5-8(9)12(13,14)15/h3-5H,2,6H2,1H3,(H,17,18). The third kappa shape index (κ3) is 4.15. The van der Waals surface area contributed by atoms with E-state index in [4.69, 9.17) is 9.84 Å². The van der Waals surface area contributed by atoms with Crippen molar-refractivity contribution in [1.82, 2.24) is 0 Å². The highest BCUT2D eigenvalue weighted by Crippen LogP contribution is 2.36. The fraction of sp³-hybridized carbons (Fsp3) is 0.333. The van der Waals surface area contributed by atoms with Gasteiger partial charge in [-0.2, -0.15) is 13.2 Å². The van der Waals surface area contributed by atoms with Crippen molar-refractivity contribution in [2.45, 2.75) is 13.1 Å². The molecule has 0 aliphatic heterocycles. The van der Waals surface area contributed by atoms with Crippen molar-refractivity contribution in [1.29, 1.82) is 0 Å². The molecule has 20 heavy (non-hydrogen) atoms. The third-order valence-corrected chi connectivity index (χ3v) is 2.18. The molecule has 0 aliphatic carbocycles. The molecule has 0 saturated heterocycles. The highest BCUT2D eigenvalue weighted by Gasteiger charge is 2.35. The molecule has 1 aromatic carbocycles. The Morgan fingerprint density at radius 1 is 1.30 bits per heavy atom. The molecular weight excluding hydrogens is 281 g/mol. The van der Waals surface area contributed by atoms with Gasteiger partial charge in [0.1, 0.15) is 5.75 Å². The second-order valence-electron chi connectivity index (χ2n) is 3.61. The van der Waals surface area contributed by atoms with Gasteiger partial charge in [0.25, 0.3) is 0 Å². The molecule has 0 radical (unpaired) electrons. The largest absolute Gasteiger partial charge is 0.481 e. The van der Waals surface area contributed by atoms with E-state index in [1.165, 1.54) is 0 Å². The van der Waals surface area contributed by atoms with Gasteiger partial charge in [0.05, 0.1) is 17.7 Å². The van der Waals surface area contributed by atoms with E-state index in [0.29, 0.717) is 6.07 Å². The summed E-state index contributed by atoms with van der Waals surface area (Å²) in [4.78, 5) is 21.7. The monoisotopic (exact) mass is 292 g/mol. The van der Waals surface area contributed by atoms with Gasteiger partial charge in [-0.15, -0.1) is 0 Å². The molecule has 0 fully saturated rings. The first-order valence-corrected chi connectivity index (χ1v) is 5.48. The fourth-order valence-electron chi connectivity index (χ4n) is 1.35. The first-order valence-electron chi connectivity index (χ1n) is 5.48. The van der Waals surface area contributed by atoms with Crippen LogP contribution in [0.4, 0.5) is 13.2 Å². The molecule has 8 heteroatoms. The maximum absolute atomic E-state index is 12.8. The molecule has 0 aromatic heterocycles. The number of carboxylic acids is 1. The highest BCUT2D eigenvalue weighted by atomic mass is 19.4. The molecule has 0 atom stereocenters. The highest BCUT2D eigenvalue weighted by molar-refractivity contribution is 5.88. The van der Waals surface area contributed by atoms with Crippen molar-refractivity contribution in [3.8, 4) is 5.75 Å². The predicted octanol–water partition coefficient (Wildman–Crippen LogP) is 2.35. The number of halogens is 3. The summed E-state index contributed by atoms with van der Waals surface area (Å²) in [5.41, 5.74) is -1.79. The van der Waals surface area contributed by atoms with E-state index >= 15 is 0 Å². The van der Waals surface area contributed by atoms with Crippen LogP contribution in [0.3, 0.4) is 0 Å². The Kier molecular flexibility index (Phi) is 4.95. The molecule has 0 unspecified atom stereocenters. The lowest BCUT2D eigenvalue weighted by Gasteiger charge is -2.14. The van der Waals surface area contributed by atoms with Gasteiger partial charge in [-0.25, -0.2) is 9.59 Å². The number of alkyl halides is 3. The van der Waals surface area contributed by atoms with E-state index in [0.717, 1.165) is 12.1 Å². The van der Waals surface area contributed by atoms with Crippen molar-refractivity contribution in [3.05, 3.63) is 29.3 Å². The number of rotatable bonds is 5. The van der Waals surface area contributed by atoms with Crippen LogP contribution >= 0.6 is 0 Å². The smallest absolute Gasteiger partial charge is 0.419 e. The molecule has 1 N–H and O–H groups in total. The van der Waals surface area contributed by atoms with Crippen LogP contribution < -0.4 is 4.74 Å². The number of esters is 1. The van der Waals surface area contributed by atoms with E-state index in [9.17, 15) is 22.8 Å². The summed E-state index contributed by atoms with van der Waals surface area (Å²) in [5.74, 6) is -2.94. The van der Waals surface area contributed by atoms with Crippen molar-refractivity contribution < 1.29 is 37.3 Å². The van der Waals surface area contributed by atoms with Crippen molar-refractivity contribution in [2.24, 2.45) is 0 Å². The summed E-state index contributed by atoms with van der Waals surface area (Å²) < 4.78 is 47.6. The van der Waals surface area contributed by atoms with Crippen LogP contribution in [0.2, 0.25) is 0 Å². The molecule has 0 saturated carbocycles. The number of carbonyl (C=O) groups is 2. The van der Waals surface area contributed by atoms with Gasteiger partial charge < -0.3 is 14.6 Å². The zero-order chi connectivity index (χ0) is 15.3. The fourth-order valence-corrected chi connectivity index (χ4v) is 1.35. The van der Waals surface area contributed by atoms with Crippen LogP contribution in [-0.2, 0) is 15.7 Å². The number of hydrogen-bond donors (Lipinski definition) is 1. The Labute approximate surface area is 111 Å². The molecule has 0 amide bonds. The van der Waals surface area contributed by atoms with Crippen LogP contribution in [0, 0.1) is 0 Å². The minimum absolute atomic E-state index is 0.0757. The van der Waals surface area contributed by atoms with Crippen LogP contribution in [0.5, 0.6) is 5.75 Å². The number of carbonyl (C=O) groups excluding carboxylic acids is 1.